The van der Waals surface area contributed by atoms with E-state index in [1.165, 1.54) is 25.1 Å². The van der Waals surface area contributed by atoms with Gasteiger partial charge in [0.05, 0.1) is 4.60 Å². The van der Waals surface area contributed by atoms with E-state index in [4.69, 9.17) is 0 Å². The first kappa shape index (κ1) is 8.32. The van der Waals surface area contributed by atoms with Crippen molar-refractivity contribution in [1.82, 2.24) is 9.47 Å². The van der Waals surface area contributed by atoms with Crippen molar-refractivity contribution >= 4 is 15.9 Å². The van der Waals surface area contributed by atoms with Gasteiger partial charge in [-0.2, -0.15) is 0 Å². The lowest BCUT2D eigenvalue weighted by molar-refractivity contribution is 0.172. The minimum absolute atomic E-state index is 1.11. The zero-order valence-corrected chi connectivity index (χ0v) is 8.84. The van der Waals surface area contributed by atoms with Gasteiger partial charge in [0.1, 0.15) is 0 Å². The number of hydrogen-bond acceptors (Lipinski definition) is 1. The highest BCUT2D eigenvalue weighted by Gasteiger charge is 2.14. The summed E-state index contributed by atoms with van der Waals surface area (Å²) in [4.78, 5) is 2.46. The van der Waals surface area contributed by atoms with E-state index < -0.39 is 0 Å². The van der Waals surface area contributed by atoms with Crippen molar-refractivity contribution in [1.29, 1.82) is 0 Å². The minimum Gasteiger partial charge on any atom is -0.345 e. The summed E-state index contributed by atoms with van der Waals surface area (Å²) in [6.45, 7) is 3.65. The second-order valence-electron chi connectivity index (χ2n) is 3.41. The molecule has 2 nitrogen and oxygen atoms in total. The van der Waals surface area contributed by atoms with Gasteiger partial charge in [0.25, 0.3) is 0 Å². The number of hydrogen-bond donors (Lipinski definition) is 0. The van der Waals surface area contributed by atoms with Gasteiger partial charge in [-0.3, -0.25) is 4.90 Å². The van der Waals surface area contributed by atoms with Gasteiger partial charge in [0.2, 0.25) is 0 Å². The third kappa shape index (κ3) is 1.57. The molecule has 1 fully saturated rings. The van der Waals surface area contributed by atoms with Crippen LogP contribution in [0.25, 0.3) is 0 Å². The average molecular weight is 229 g/mol. The van der Waals surface area contributed by atoms with E-state index in [9.17, 15) is 0 Å². The highest BCUT2D eigenvalue weighted by molar-refractivity contribution is 9.10. The van der Waals surface area contributed by atoms with Crippen LogP contribution < -0.4 is 0 Å². The molecule has 0 aromatic carbocycles. The van der Waals surface area contributed by atoms with Crippen molar-refractivity contribution in [2.75, 3.05) is 13.1 Å². The molecule has 0 saturated carbocycles. The maximum absolute atomic E-state index is 3.49. The lowest BCUT2D eigenvalue weighted by atomic mass is 10.2. The molecule has 1 saturated heterocycles. The zero-order chi connectivity index (χ0) is 8.55. The second-order valence-corrected chi connectivity index (χ2v) is 4.22. The lowest BCUT2D eigenvalue weighted by Gasteiger charge is -2.30. The van der Waals surface area contributed by atoms with Crippen LogP contribution in [0.5, 0.6) is 0 Å². The minimum atomic E-state index is 1.11. The normalized spacial score (nSPS) is 17.8. The predicted octanol–water partition coefficient (Wildman–Crippen LogP) is 1.99. The molecule has 0 atom stereocenters. The lowest BCUT2D eigenvalue weighted by Crippen LogP contribution is -2.36. The summed E-state index contributed by atoms with van der Waals surface area (Å²) in [7, 11) is 2.06. The fourth-order valence-corrected chi connectivity index (χ4v) is 1.88. The molecule has 0 unspecified atom stereocenters. The van der Waals surface area contributed by atoms with Crippen LogP contribution in [0.2, 0.25) is 0 Å². The Hall–Kier alpha value is -0.280. The van der Waals surface area contributed by atoms with E-state index in [0.717, 1.165) is 11.1 Å². The van der Waals surface area contributed by atoms with Gasteiger partial charge in [0.15, 0.2) is 0 Å². The molecule has 1 aromatic heterocycles. The fraction of sp³-hybridized carbons (Fsp3) is 0.556. The van der Waals surface area contributed by atoms with Gasteiger partial charge >= 0.3 is 0 Å². The molecule has 0 aliphatic carbocycles. The molecule has 2 rings (SSSR count). The Labute approximate surface area is 81.3 Å². The molecule has 1 aromatic rings. The second kappa shape index (κ2) is 3.23. The first-order valence-electron chi connectivity index (χ1n) is 4.29. The average Bonchev–Trinajstić information content (AvgIpc) is 2.24. The predicted molar refractivity (Wildman–Crippen MR) is 53.0 cm³/mol. The molecule has 0 radical (unpaired) electrons. The molecular weight excluding hydrogens is 216 g/mol. The number of halogens is 1. The van der Waals surface area contributed by atoms with Crippen LogP contribution in [0.4, 0.5) is 0 Å². The first-order valence-corrected chi connectivity index (χ1v) is 5.08. The molecule has 2 heterocycles. The van der Waals surface area contributed by atoms with Crippen molar-refractivity contribution in [2.45, 2.75) is 13.0 Å². The van der Waals surface area contributed by atoms with E-state index >= 15 is 0 Å². The Morgan fingerprint density at radius 1 is 1.50 bits per heavy atom. The van der Waals surface area contributed by atoms with E-state index in [0.29, 0.717) is 0 Å². The summed E-state index contributed by atoms with van der Waals surface area (Å²) in [5.41, 5.74) is 1.41. The van der Waals surface area contributed by atoms with E-state index in [1.54, 1.807) is 0 Å². The number of aromatic nitrogens is 1. The summed E-state index contributed by atoms with van der Waals surface area (Å²) in [5.74, 6) is 0. The smallest absolute Gasteiger partial charge is 0.0847 e. The highest BCUT2D eigenvalue weighted by atomic mass is 79.9. The van der Waals surface area contributed by atoms with Crippen LogP contribution in [-0.2, 0) is 13.6 Å². The van der Waals surface area contributed by atoms with Crippen molar-refractivity contribution in [3.05, 3.63) is 22.4 Å². The third-order valence-corrected chi connectivity index (χ3v) is 3.14. The molecule has 1 aliphatic heterocycles. The summed E-state index contributed by atoms with van der Waals surface area (Å²) in [5, 5.41) is 0. The van der Waals surface area contributed by atoms with Crippen molar-refractivity contribution < 1.29 is 0 Å². The molecule has 0 bridgehead atoms. The molecule has 0 amide bonds. The van der Waals surface area contributed by atoms with Crippen LogP contribution in [0, 0.1) is 0 Å². The topological polar surface area (TPSA) is 8.17 Å². The Balaban J connectivity index is 2.02. The zero-order valence-electron chi connectivity index (χ0n) is 7.26. The first-order chi connectivity index (χ1) is 5.75. The Kier molecular flexibility index (Phi) is 2.24. The third-order valence-electron chi connectivity index (χ3n) is 2.36. The summed E-state index contributed by atoms with van der Waals surface area (Å²) in [6, 6.07) is 2.19. The van der Waals surface area contributed by atoms with Crippen molar-refractivity contribution in [3.63, 3.8) is 0 Å². The molecular formula is C9H13BrN2. The molecule has 1 aliphatic rings. The van der Waals surface area contributed by atoms with E-state index in [1.807, 2.05) is 0 Å². The molecule has 12 heavy (non-hydrogen) atoms. The number of nitrogens with zero attached hydrogens (tertiary/aromatic N) is 2. The molecule has 66 valence electrons. The summed E-state index contributed by atoms with van der Waals surface area (Å²) >= 11 is 3.49. The SMILES string of the molecule is Cn1cc(CN2CCC2)cc1Br. The Bertz CT molecular complexity index is 257. The Morgan fingerprint density at radius 2 is 2.25 bits per heavy atom. The largest absolute Gasteiger partial charge is 0.345 e. The van der Waals surface area contributed by atoms with Gasteiger partial charge in [-0.15, -0.1) is 0 Å². The Morgan fingerprint density at radius 3 is 2.67 bits per heavy atom. The van der Waals surface area contributed by atoms with Crippen LogP contribution in [0.3, 0.4) is 0 Å². The van der Waals surface area contributed by atoms with Gasteiger partial charge in [-0.25, -0.2) is 0 Å². The summed E-state index contributed by atoms with van der Waals surface area (Å²) < 4.78 is 3.27. The number of aryl methyl sites for hydroxylation is 1. The quantitative estimate of drug-likeness (QED) is 0.752. The van der Waals surface area contributed by atoms with Gasteiger partial charge in [-0.05, 0) is 47.1 Å². The molecule has 0 spiro atoms. The van der Waals surface area contributed by atoms with Gasteiger partial charge in [-0.1, -0.05) is 0 Å². The van der Waals surface area contributed by atoms with Gasteiger partial charge in [0, 0.05) is 19.8 Å². The summed E-state index contributed by atoms with van der Waals surface area (Å²) in [6.07, 6.45) is 3.55. The monoisotopic (exact) mass is 228 g/mol. The van der Waals surface area contributed by atoms with Crippen molar-refractivity contribution in [3.8, 4) is 0 Å². The fourth-order valence-electron chi connectivity index (χ4n) is 1.49. The van der Waals surface area contributed by atoms with E-state index in [-0.39, 0.29) is 0 Å². The standard InChI is InChI=1S/C9H13BrN2/c1-11-6-8(5-9(11)10)7-12-3-2-4-12/h5-6H,2-4,7H2,1H3. The molecule has 0 N–H and O–H groups in total. The van der Waals surface area contributed by atoms with Crippen molar-refractivity contribution in [2.24, 2.45) is 7.05 Å². The number of rotatable bonds is 2. The van der Waals surface area contributed by atoms with Gasteiger partial charge < -0.3 is 4.57 Å². The highest BCUT2D eigenvalue weighted by Crippen LogP contribution is 2.17. The van der Waals surface area contributed by atoms with Crippen LogP contribution >= 0.6 is 15.9 Å². The molecule has 3 heteroatoms. The number of likely N-dealkylation sites (tertiary alicyclic amines) is 1. The maximum Gasteiger partial charge on any atom is 0.0847 e. The van der Waals surface area contributed by atoms with Crippen LogP contribution in [0.15, 0.2) is 16.9 Å². The van der Waals surface area contributed by atoms with E-state index in [2.05, 4.69) is 44.7 Å². The van der Waals surface area contributed by atoms with Crippen LogP contribution in [0.1, 0.15) is 12.0 Å². The maximum atomic E-state index is 3.49. The van der Waals surface area contributed by atoms with Crippen LogP contribution in [-0.4, -0.2) is 22.6 Å².